The highest BCUT2D eigenvalue weighted by atomic mass is 16.1. The van der Waals surface area contributed by atoms with Gasteiger partial charge in [-0.3, -0.25) is 4.79 Å². The smallest absolute Gasteiger partial charge is 0.251 e. The number of carbonyl (C=O) groups is 1. The van der Waals surface area contributed by atoms with Gasteiger partial charge in [-0.2, -0.15) is 0 Å². The summed E-state index contributed by atoms with van der Waals surface area (Å²) in [5.74, 6) is 0.664. The molecule has 0 unspecified atom stereocenters. The SMILES string of the molecule is Cc1ccc2nc(CNC(=O)c3ccccc3)[nH]c2c1. The van der Waals surface area contributed by atoms with Crippen LogP contribution in [0.25, 0.3) is 11.0 Å². The zero-order chi connectivity index (χ0) is 13.9. The van der Waals surface area contributed by atoms with E-state index in [4.69, 9.17) is 0 Å². The standard InChI is InChI=1S/C16H15N3O/c1-11-7-8-13-14(9-11)19-15(18-13)10-17-16(20)12-5-3-2-4-6-12/h2-9H,10H2,1H3,(H,17,20)(H,18,19). The lowest BCUT2D eigenvalue weighted by Crippen LogP contribution is -2.23. The zero-order valence-electron chi connectivity index (χ0n) is 11.2. The number of aromatic nitrogens is 2. The van der Waals surface area contributed by atoms with Gasteiger partial charge < -0.3 is 10.3 Å². The minimum Gasteiger partial charge on any atom is -0.345 e. The minimum atomic E-state index is -0.0952. The van der Waals surface area contributed by atoms with Crippen molar-refractivity contribution in [2.24, 2.45) is 0 Å². The van der Waals surface area contributed by atoms with Crippen LogP contribution < -0.4 is 5.32 Å². The lowest BCUT2D eigenvalue weighted by Gasteiger charge is -2.02. The van der Waals surface area contributed by atoms with Gasteiger partial charge in [0, 0.05) is 5.56 Å². The van der Waals surface area contributed by atoms with Gasteiger partial charge in [-0.05, 0) is 36.8 Å². The summed E-state index contributed by atoms with van der Waals surface area (Å²) in [6, 6.07) is 15.2. The molecule has 1 amide bonds. The number of nitrogens with zero attached hydrogens (tertiary/aromatic N) is 1. The Kier molecular flexibility index (Phi) is 3.21. The lowest BCUT2D eigenvalue weighted by molar-refractivity contribution is 0.0950. The average Bonchev–Trinajstić information content (AvgIpc) is 2.87. The first-order valence-corrected chi connectivity index (χ1v) is 6.51. The molecule has 0 saturated carbocycles. The van der Waals surface area contributed by atoms with Crippen LogP contribution in [0.4, 0.5) is 0 Å². The normalized spacial score (nSPS) is 10.7. The van der Waals surface area contributed by atoms with Crippen LogP contribution in [0.15, 0.2) is 48.5 Å². The van der Waals surface area contributed by atoms with Gasteiger partial charge in [0.2, 0.25) is 0 Å². The van der Waals surface area contributed by atoms with E-state index in [1.807, 2.05) is 43.3 Å². The van der Waals surface area contributed by atoms with Crippen molar-refractivity contribution in [1.82, 2.24) is 15.3 Å². The second kappa shape index (κ2) is 5.17. The number of amides is 1. The van der Waals surface area contributed by atoms with E-state index in [1.54, 1.807) is 12.1 Å². The number of fused-ring (bicyclic) bond motifs is 1. The summed E-state index contributed by atoms with van der Waals surface area (Å²) in [4.78, 5) is 19.6. The van der Waals surface area contributed by atoms with Crippen LogP contribution in [0.2, 0.25) is 0 Å². The van der Waals surface area contributed by atoms with E-state index in [2.05, 4.69) is 15.3 Å². The number of rotatable bonds is 3. The summed E-state index contributed by atoms with van der Waals surface area (Å²) >= 11 is 0. The monoisotopic (exact) mass is 265 g/mol. The number of H-pyrrole nitrogens is 1. The molecular weight excluding hydrogens is 250 g/mol. The molecule has 4 heteroatoms. The number of benzene rings is 2. The molecule has 100 valence electrons. The first-order chi connectivity index (χ1) is 9.72. The maximum Gasteiger partial charge on any atom is 0.251 e. The highest BCUT2D eigenvalue weighted by Gasteiger charge is 2.06. The molecule has 3 aromatic rings. The van der Waals surface area contributed by atoms with E-state index in [0.717, 1.165) is 16.9 Å². The molecular formula is C16H15N3O. The lowest BCUT2D eigenvalue weighted by atomic mass is 10.2. The summed E-state index contributed by atoms with van der Waals surface area (Å²) in [7, 11) is 0. The third kappa shape index (κ3) is 2.54. The number of aromatic amines is 1. The highest BCUT2D eigenvalue weighted by Crippen LogP contribution is 2.13. The van der Waals surface area contributed by atoms with Gasteiger partial charge in [-0.15, -0.1) is 0 Å². The van der Waals surface area contributed by atoms with Gasteiger partial charge in [0.15, 0.2) is 0 Å². The summed E-state index contributed by atoms with van der Waals surface area (Å²) in [5.41, 5.74) is 3.74. The summed E-state index contributed by atoms with van der Waals surface area (Å²) in [5, 5.41) is 2.86. The Morgan fingerprint density at radius 1 is 1.20 bits per heavy atom. The first kappa shape index (κ1) is 12.4. The van der Waals surface area contributed by atoms with Gasteiger partial charge in [0.25, 0.3) is 5.91 Å². The molecule has 0 fully saturated rings. The molecule has 4 nitrogen and oxygen atoms in total. The molecule has 20 heavy (non-hydrogen) atoms. The van der Waals surface area contributed by atoms with Gasteiger partial charge >= 0.3 is 0 Å². The third-order valence-electron chi connectivity index (χ3n) is 3.14. The molecule has 2 N–H and O–H groups in total. The summed E-state index contributed by atoms with van der Waals surface area (Å²) in [6.07, 6.45) is 0. The quantitative estimate of drug-likeness (QED) is 0.765. The molecule has 0 aliphatic rings. The largest absolute Gasteiger partial charge is 0.345 e. The number of aryl methyl sites for hydroxylation is 1. The maximum absolute atomic E-state index is 11.9. The average molecular weight is 265 g/mol. The van der Waals surface area contributed by atoms with Crippen LogP contribution in [0.5, 0.6) is 0 Å². The Balaban J connectivity index is 1.72. The highest BCUT2D eigenvalue weighted by molar-refractivity contribution is 5.94. The molecule has 0 aliphatic heterocycles. The van der Waals surface area contributed by atoms with Crippen molar-refractivity contribution in [1.29, 1.82) is 0 Å². The van der Waals surface area contributed by atoms with Gasteiger partial charge in [-0.1, -0.05) is 24.3 Å². The fraction of sp³-hybridized carbons (Fsp3) is 0.125. The van der Waals surface area contributed by atoms with Crippen molar-refractivity contribution in [3.05, 3.63) is 65.5 Å². The van der Waals surface area contributed by atoms with Crippen LogP contribution in [0.1, 0.15) is 21.7 Å². The fourth-order valence-corrected chi connectivity index (χ4v) is 2.12. The Labute approximate surface area is 116 Å². The number of hydrogen-bond donors (Lipinski definition) is 2. The maximum atomic E-state index is 11.9. The van der Waals surface area contributed by atoms with Gasteiger partial charge in [-0.25, -0.2) is 4.98 Å². The van der Waals surface area contributed by atoms with Crippen molar-refractivity contribution in [2.75, 3.05) is 0 Å². The molecule has 0 radical (unpaired) electrons. The summed E-state index contributed by atoms with van der Waals surface area (Å²) in [6.45, 7) is 2.43. The first-order valence-electron chi connectivity index (χ1n) is 6.51. The Bertz CT molecular complexity index is 747. The molecule has 0 atom stereocenters. The van der Waals surface area contributed by atoms with E-state index in [9.17, 15) is 4.79 Å². The zero-order valence-corrected chi connectivity index (χ0v) is 11.2. The fourth-order valence-electron chi connectivity index (χ4n) is 2.12. The number of carbonyl (C=O) groups excluding carboxylic acids is 1. The molecule has 0 bridgehead atoms. The van der Waals surface area contributed by atoms with Crippen LogP contribution in [0, 0.1) is 6.92 Å². The van der Waals surface area contributed by atoms with Crippen molar-refractivity contribution < 1.29 is 4.79 Å². The topological polar surface area (TPSA) is 57.8 Å². The van der Waals surface area contributed by atoms with Crippen LogP contribution in [-0.2, 0) is 6.54 Å². The molecule has 2 aromatic carbocycles. The molecule has 0 spiro atoms. The Morgan fingerprint density at radius 3 is 2.80 bits per heavy atom. The van der Waals surface area contributed by atoms with E-state index >= 15 is 0 Å². The number of nitrogens with one attached hydrogen (secondary N) is 2. The minimum absolute atomic E-state index is 0.0952. The second-order valence-electron chi connectivity index (χ2n) is 4.75. The van der Waals surface area contributed by atoms with E-state index in [1.165, 1.54) is 5.56 Å². The van der Waals surface area contributed by atoms with Crippen molar-refractivity contribution in [3.8, 4) is 0 Å². The molecule has 1 heterocycles. The van der Waals surface area contributed by atoms with Crippen molar-refractivity contribution in [3.63, 3.8) is 0 Å². The summed E-state index contributed by atoms with van der Waals surface area (Å²) < 4.78 is 0. The van der Waals surface area contributed by atoms with E-state index in [0.29, 0.717) is 12.1 Å². The third-order valence-corrected chi connectivity index (χ3v) is 3.14. The Hall–Kier alpha value is -2.62. The molecule has 1 aromatic heterocycles. The second-order valence-corrected chi connectivity index (χ2v) is 4.75. The van der Waals surface area contributed by atoms with Crippen LogP contribution in [-0.4, -0.2) is 15.9 Å². The predicted molar refractivity (Wildman–Crippen MR) is 78.4 cm³/mol. The van der Waals surface area contributed by atoms with Gasteiger partial charge in [0.1, 0.15) is 5.82 Å². The van der Waals surface area contributed by atoms with E-state index < -0.39 is 0 Å². The number of hydrogen-bond acceptors (Lipinski definition) is 2. The molecule has 0 saturated heterocycles. The van der Waals surface area contributed by atoms with Crippen molar-refractivity contribution >= 4 is 16.9 Å². The van der Waals surface area contributed by atoms with Gasteiger partial charge in [0.05, 0.1) is 17.6 Å². The molecule has 3 rings (SSSR count). The van der Waals surface area contributed by atoms with Crippen LogP contribution >= 0.6 is 0 Å². The molecule has 0 aliphatic carbocycles. The Morgan fingerprint density at radius 2 is 2.00 bits per heavy atom. The van der Waals surface area contributed by atoms with E-state index in [-0.39, 0.29) is 5.91 Å². The predicted octanol–water partition coefficient (Wildman–Crippen LogP) is 2.80. The van der Waals surface area contributed by atoms with Crippen molar-refractivity contribution in [2.45, 2.75) is 13.5 Å². The number of imidazole rings is 1. The van der Waals surface area contributed by atoms with Crippen LogP contribution in [0.3, 0.4) is 0 Å².